The maximum Gasteiger partial charge on any atom is 0.337 e. The van der Waals surface area contributed by atoms with Crippen LogP contribution in [0, 0.1) is 6.92 Å². The lowest BCUT2D eigenvalue weighted by atomic mass is 10.1. The molecule has 1 N–H and O–H groups in total. The number of carbonyl (C=O) groups is 2. The molecule has 8 heteroatoms. The standard InChI is InChI=1S/C17H24N2O5S/c1-4-9-18-16(20)14-6-5-10-19(14)25(22,23)15-11-13(17(21)24-3)8-7-12(15)2/h7-8,11,14H,4-6,9-10H2,1-3H3,(H,18,20)/t14-/m1/s1. The smallest absolute Gasteiger partial charge is 0.337 e. The van der Waals surface area contributed by atoms with Crippen molar-refractivity contribution in [3.63, 3.8) is 0 Å². The minimum Gasteiger partial charge on any atom is -0.465 e. The Balaban J connectivity index is 2.37. The van der Waals surface area contributed by atoms with Crippen molar-refractivity contribution in [2.45, 2.75) is 44.0 Å². The molecule has 0 aromatic heterocycles. The van der Waals surface area contributed by atoms with Crippen LogP contribution < -0.4 is 5.32 Å². The summed E-state index contributed by atoms with van der Waals surface area (Å²) >= 11 is 0. The Morgan fingerprint density at radius 2 is 2.08 bits per heavy atom. The molecule has 1 heterocycles. The summed E-state index contributed by atoms with van der Waals surface area (Å²) in [6, 6.07) is 3.70. The first kappa shape index (κ1) is 19.4. The maximum atomic E-state index is 13.1. The largest absolute Gasteiger partial charge is 0.465 e. The molecule has 1 fully saturated rings. The van der Waals surface area contributed by atoms with Gasteiger partial charge in [0.05, 0.1) is 17.6 Å². The van der Waals surface area contributed by atoms with Crippen LogP contribution in [0.4, 0.5) is 0 Å². The zero-order chi connectivity index (χ0) is 18.6. The molecule has 1 aromatic carbocycles. The number of hydrogen-bond acceptors (Lipinski definition) is 5. The minimum absolute atomic E-state index is 0.0330. The van der Waals surface area contributed by atoms with Gasteiger partial charge in [0.15, 0.2) is 0 Å². The molecular weight excluding hydrogens is 344 g/mol. The monoisotopic (exact) mass is 368 g/mol. The van der Waals surface area contributed by atoms with Gasteiger partial charge >= 0.3 is 5.97 Å². The molecule has 0 aliphatic carbocycles. The van der Waals surface area contributed by atoms with E-state index in [0.29, 0.717) is 24.9 Å². The number of benzene rings is 1. The first-order chi connectivity index (χ1) is 11.8. The van der Waals surface area contributed by atoms with Gasteiger partial charge in [-0.3, -0.25) is 4.79 Å². The van der Waals surface area contributed by atoms with E-state index in [1.807, 2.05) is 6.92 Å². The summed E-state index contributed by atoms with van der Waals surface area (Å²) in [7, 11) is -2.65. The number of hydrogen-bond donors (Lipinski definition) is 1. The predicted molar refractivity (Wildman–Crippen MR) is 92.7 cm³/mol. The van der Waals surface area contributed by atoms with Crippen LogP contribution in [0.15, 0.2) is 23.1 Å². The van der Waals surface area contributed by atoms with Crippen molar-refractivity contribution < 1.29 is 22.7 Å². The summed E-state index contributed by atoms with van der Waals surface area (Å²) < 4.78 is 32.1. The lowest BCUT2D eigenvalue weighted by Crippen LogP contribution is -2.46. The van der Waals surface area contributed by atoms with Crippen LogP contribution in [0.1, 0.15) is 42.1 Å². The quantitative estimate of drug-likeness (QED) is 0.768. The van der Waals surface area contributed by atoms with Crippen molar-refractivity contribution >= 4 is 21.9 Å². The van der Waals surface area contributed by atoms with Gasteiger partial charge in [0.2, 0.25) is 15.9 Å². The molecular formula is C17H24N2O5S. The zero-order valence-electron chi connectivity index (χ0n) is 14.7. The van der Waals surface area contributed by atoms with Gasteiger partial charge in [-0.2, -0.15) is 4.31 Å². The number of nitrogens with one attached hydrogen (secondary N) is 1. The molecule has 1 amide bonds. The molecule has 1 aliphatic heterocycles. The average Bonchev–Trinajstić information content (AvgIpc) is 3.10. The third-order valence-corrected chi connectivity index (χ3v) is 6.30. The Morgan fingerprint density at radius 1 is 1.36 bits per heavy atom. The molecule has 0 spiro atoms. The van der Waals surface area contributed by atoms with Crippen molar-refractivity contribution in [2.75, 3.05) is 20.2 Å². The Labute approximate surface area is 148 Å². The molecule has 0 unspecified atom stereocenters. The average molecular weight is 368 g/mol. The lowest BCUT2D eigenvalue weighted by molar-refractivity contribution is -0.124. The second-order valence-corrected chi connectivity index (χ2v) is 7.90. The van der Waals surface area contributed by atoms with Crippen LogP contribution in [0.2, 0.25) is 0 Å². The SMILES string of the molecule is CCCNC(=O)[C@H]1CCCN1S(=O)(=O)c1cc(C(=O)OC)ccc1C. The molecule has 1 saturated heterocycles. The molecule has 7 nitrogen and oxygen atoms in total. The second kappa shape index (κ2) is 7.97. The van der Waals surface area contributed by atoms with Crippen molar-refractivity contribution in [3.8, 4) is 0 Å². The highest BCUT2D eigenvalue weighted by molar-refractivity contribution is 7.89. The van der Waals surface area contributed by atoms with Crippen molar-refractivity contribution in [3.05, 3.63) is 29.3 Å². The van der Waals surface area contributed by atoms with Crippen LogP contribution in [-0.2, 0) is 19.6 Å². The van der Waals surface area contributed by atoms with E-state index >= 15 is 0 Å². The van der Waals surface area contributed by atoms with Crippen molar-refractivity contribution in [2.24, 2.45) is 0 Å². The summed E-state index contributed by atoms with van der Waals surface area (Å²) in [4.78, 5) is 24.1. The van der Waals surface area contributed by atoms with E-state index in [1.165, 1.54) is 23.5 Å². The number of sulfonamides is 1. The first-order valence-corrected chi connectivity index (χ1v) is 9.75. The second-order valence-electron chi connectivity index (χ2n) is 6.04. The molecule has 2 rings (SSSR count). The summed E-state index contributed by atoms with van der Waals surface area (Å²) in [6.07, 6.45) is 1.90. The number of amides is 1. The third-order valence-electron chi connectivity index (χ3n) is 4.25. The Hall–Kier alpha value is -1.93. The fraction of sp³-hybridized carbons (Fsp3) is 0.529. The number of aryl methyl sites for hydroxylation is 1. The fourth-order valence-electron chi connectivity index (χ4n) is 2.91. The van der Waals surface area contributed by atoms with Gasteiger partial charge in [0.25, 0.3) is 0 Å². The Morgan fingerprint density at radius 3 is 2.72 bits per heavy atom. The predicted octanol–water partition coefficient (Wildman–Crippen LogP) is 1.46. The lowest BCUT2D eigenvalue weighted by Gasteiger charge is -2.24. The summed E-state index contributed by atoms with van der Waals surface area (Å²) in [5.41, 5.74) is 0.685. The maximum absolute atomic E-state index is 13.1. The number of carbonyl (C=O) groups excluding carboxylic acids is 2. The fourth-order valence-corrected chi connectivity index (χ4v) is 4.81. The van der Waals surface area contributed by atoms with E-state index in [9.17, 15) is 18.0 Å². The summed E-state index contributed by atoms with van der Waals surface area (Å²) in [5.74, 6) is -0.875. The molecule has 1 aliphatic rings. The molecule has 0 radical (unpaired) electrons. The number of methoxy groups -OCH3 is 1. The van der Waals surface area contributed by atoms with E-state index in [0.717, 1.165) is 6.42 Å². The number of nitrogens with zero attached hydrogens (tertiary/aromatic N) is 1. The van der Waals surface area contributed by atoms with Crippen LogP contribution >= 0.6 is 0 Å². The highest BCUT2D eigenvalue weighted by Crippen LogP contribution is 2.28. The van der Waals surface area contributed by atoms with Crippen LogP contribution in [0.25, 0.3) is 0 Å². The molecule has 138 valence electrons. The van der Waals surface area contributed by atoms with E-state index < -0.39 is 22.0 Å². The van der Waals surface area contributed by atoms with Gasteiger partial charge < -0.3 is 10.1 Å². The van der Waals surface area contributed by atoms with E-state index in [4.69, 9.17) is 0 Å². The number of rotatable bonds is 6. The molecule has 25 heavy (non-hydrogen) atoms. The molecule has 1 atom stereocenters. The van der Waals surface area contributed by atoms with Gasteiger partial charge in [-0.25, -0.2) is 13.2 Å². The van der Waals surface area contributed by atoms with Crippen LogP contribution in [-0.4, -0.2) is 50.8 Å². The number of esters is 1. The zero-order valence-corrected chi connectivity index (χ0v) is 15.6. The van der Waals surface area contributed by atoms with Gasteiger partial charge in [-0.1, -0.05) is 13.0 Å². The van der Waals surface area contributed by atoms with Gasteiger partial charge in [-0.15, -0.1) is 0 Å². The van der Waals surface area contributed by atoms with Gasteiger partial charge in [-0.05, 0) is 43.9 Å². The van der Waals surface area contributed by atoms with Gasteiger partial charge in [0.1, 0.15) is 6.04 Å². The van der Waals surface area contributed by atoms with E-state index in [-0.39, 0.29) is 22.9 Å². The Kier molecular flexibility index (Phi) is 6.18. The highest BCUT2D eigenvalue weighted by Gasteiger charge is 2.40. The minimum atomic E-state index is -3.89. The summed E-state index contributed by atoms with van der Waals surface area (Å²) in [5, 5.41) is 2.76. The Bertz CT molecular complexity index is 760. The van der Waals surface area contributed by atoms with Gasteiger partial charge in [0, 0.05) is 13.1 Å². The molecule has 0 bridgehead atoms. The third kappa shape index (κ3) is 4.01. The van der Waals surface area contributed by atoms with E-state index in [2.05, 4.69) is 10.1 Å². The number of ether oxygens (including phenoxy) is 1. The normalized spacial score (nSPS) is 18.1. The first-order valence-electron chi connectivity index (χ1n) is 8.31. The topological polar surface area (TPSA) is 92.8 Å². The van der Waals surface area contributed by atoms with Crippen LogP contribution in [0.5, 0.6) is 0 Å². The molecule has 0 saturated carbocycles. The molecule has 1 aromatic rings. The van der Waals surface area contributed by atoms with Crippen molar-refractivity contribution in [1.29, 1.82) is 0 Å². The summed E-state index contributed by atoms with van der Waals surface area (Å²) in [6.45, 7) is 4.40. The van der Waals surface area contributed by atoms with E-state index in [1.54, 1.807) is 13.0 Å². The van der Waals surface area contributed by atoms with Crippen LogP contribution in [0.3, 0.4) is 0 Å². The van der Waals surface area contributed by atoms with Crippen molar-refractivity contribution in [1.82, 2.24) is 9.62 Å². The highest BCUT2D eigenvalue weighted by atomic mass is 32.2.